The van der Waals surface area contributed by atoms with Gasteiger partial charge in [-0.15, -0.1) is 0 Å². The Hall–Kier alpha value is -8.00. The predicted octanol–water partition coefficient (Wildman–Crippen LogP) is 17.5. The first kappa shape index (κ1) is 38.9. The SMILES string of the molecule is CC1(C)c2ccccc2-c2c(N(c3ccc(-c4cc(-c5ccccc5)cc(-c5ccccc5)c4)cc3)c3ccccc3-c3ccccc3-c3ccccc3-c3ccccc3)cccc21. The second-order valence-electron chi connectivity index (χ2n) is 17.3. The lowest BCUT2D eigenvalue weighted by molar-refractivity contribution is 0.660. The summed E-state index contributed by atoms with van der Waals surface area (Å²) < 4.78 is 0. The Labute approximate surface area is 377 Å². The molecule has 0 saturated carbocycles. The molecular weight excluding hydrogens is 771 g/mol. The van der Waals surface area contributed by atoms with Gasteiger partial charge in [0.15, 0.2) is 0 Å². The molecule has 0 aliphatic heterocycles. The lowest BCUT2D eigenvalue weighted by Crippen LogP contribution is -2.16. The highest BCUT2D eigenvalue weighted by Gasteiger charge is 2.38. The van der Waals surface area contributed by atoms with E-state index in [1.807, 2.05) is 0 Å². The Morgan fingerprint density at radius 1 is 0.266 bits per heavy atom. The van der Waals surface area contributed by atoms with Crippen molar-refractivity contribution in [3.8, 4) is 77.9 Å². The number of nitrogens with zero attached hydrogens (tertiary/aromatic N) is 1. The molecule has 10 aromatic carbocycles. The van der Waals surface area contributed by atoms with Crippen LogP contribution in [0, 0.1) is 0 Å². The number of hydrogen-bond donors (Lipinski definition) is 0. The number of fused-ring (bicyclic) bond motifs is 3. The van der Waals surface area contributed by atoms with Crippen LogP contribution >= 0.6 is 0 Å². The minimum atomic E-state index is -0.148. The topological polar surface area (TPSA) is 3.24 Å². The first-order valence-electron chi connectivity index (χ1n) is 22.3. The average molecular weight is 818 g/mol. The molecule has 1 nitrogen and oxygen atoms in total. The fourth-order valence-electron chi connectivity index (χ4n) is 9.96. The van der Waals surface area contributed by atoms with Crippen molar-refractivity contribution in [1.29, 1.82) is 0 Å². The molecule has 0 amide bonds. The van der Waals surface area contributed by atoms with Gasteiger partial charge in [0.25, 0.3) is 0 Å². The summed E-state index contributed by atoms with van der Waals surface area (Å²) in [5.41, 5.74) is 22.8. The highest BCUT2D eigenvalue weighted by atomic mass is 15.1. The van der Waals surface area contributed by atoms with E-state index in [0.717, 1.165) is 22.6 Å². The zero-order valence-electron chi connectivity index (χ0n) is 36.1. The number of para-hydroxylation sites is 1. The van der Waals surface area contributed by atoms with Crippen LogP contribution in [0.1, 0.15) is 25.0 Å². The molecule has 1 aliphatic rings. The van der Waals surface area contributed by atoms with Crippen LogP contribution in [0.2, 0.25) is 0 Å². The third-order valence-corrected chi connectivity index (χ3v) is 13.1. The quantitative estimate of drug-likeness (QED) is 0.140. The van der Waals surface area contributed by atoms with Crippen molar-refractivity contribution in [2.45, 2.75) is 19.3 Å². The predicted molar refractivity (Wildman–Crippen MR) is 271 cm³/mol. The Morgan fingerprint density at radius 3 is 1.23 bits per heavy atom. The molecule has 0 saturated heterocycles. The molecule has 10 aromatic rings. The Bertz CT molecular complexity index is 3210. The summed E-state index contributed by atoms with van der Waals surface area (Å²) in [6.45, 7) is 4.73. The lowest BCUT2D eigenvalue weighted by Gasteiger charge is -2.31. The van der Waals surface area contributed by atoms with E-state index in [0.29, 0.717) is 0 Å². The summed E-state index contributed by atoms with van der Waals surface area (Å²) in [5, 5.41) is 0. The van der Waals surface area contributed by atoms with E-state index in [1.165, 1.54) is 83.5 Å². The second-order valence-corrected chi connectivity index (χ2v) is 17.3. The second kappa shape index (κ2) is 16.4. The minimum absolute atomic E-state index is 0.148. The van der Waals surface area contributed by atoms with Crippen molar-refractivity contribution in [2.75, 3.05) is 4.90 Å². The maximum atomic E-state index is 2.51. The summed E-state index contributed by atoms with van der Waals surface area (Å²) in [4.78, 5) is 2.51. The van der Waals surface area contributed by atoms with E-state index in [-0.39, 0.29) is 5.41 Å². The summed E-state index contributed by atoms with van der Waals surface area (Å²) in [6, 6.07) is 90.9. The van der Waals surface area contributed by atoms with Crippen LogP contribution in [-0.2, 0) is 5.41 Å². The van der Waals surface area contributed by atoms with Crippen LogP contribution in [0.3, 0.4) is 0 Å². The Morgan fingerprint density at radius 2 is 0.656 bits per heavy atom. The highest BCUT2D eigenvalue weighted by Crippen LogP contribution is 2.55. The molecule has 0 bridgehead atoms. The van der Waals surface area contributed by atoms with Crippen LogP contribution in [0.25, 0.3) is 77.9 Å². The third-order valence-electron chi connectivity index (χ3n) is 13.1. The van der Waals surface area contributed by atoms with E-state index in [4.69, 9.17) is 0 Å². The molecule has 0 unspecified atom stereocenters. The molecule has 304 valence electrons. The summed E-state index contributed by atoms with van der Waals surface area (Å²) in [7, 11) is 0. The van der Waals surface area contributed by atoms with Gasteiger partial charge in [-0.3, -0.25) is 0 Å². The van der Waals surface area contributed by atoms with Crippen LogP contribution in [0.15, 0.2) is 249 Å². The normalized spacial score (nSPS) is 12.3. The zero-order valence-corrected chi connectivity index (χ0v) is 36.1. The van der Waals surface area contributed by atoms with Gasteiger partial charge in [-0.25, -0.2) is 0 Å². The first-order chi connectivity index (χ1) is 31.5. The van der Waals surface area contributed by atoms with E-state index < -0.39 is 0 Å². The van der Waals surface area contributed by atoms with E-state index in [2.05, 4.69) is 267 Å². The monoisotopic (exact) mass is 817 g/mol. The van der Waals surface area contributed by atoms with Crippen molar-refractivity contribution in [1.82, 2.24) is 0 Å². The van der Waals surface area contributed by atoms with Crippen molar-refractivity contribution in [3.63, 3.8) is 0 Å². The molecule has 11 rings (SSSR count). The van der Waals surface area contributed by atoms with Crippen molar-refractivity contribution in [3.05, 3.63) is 260 Å². The van der Waals surface area contributed by atoms with Gasteiger partial charge in [-0.1, -0.05) is 220 Å². The van der Waals surface area contributed by atoms with Crippen LogP contribution < -0.4 is 4.90 Å². The van der Waals surface area contributed by atoms with Gasteiger partial charge in [-0.2, -0.15) is 0 Å². The fourth-order valence-corrected chi connectivity index (χ4v) is 9.96. The lowest BCUT2D eigenvalue weighted by atomic mass is 9.82. The van der Waals surface area contributed by atoms with E-state index >= 15 is 0 Å². The van der Waals surface area contributed by atoms with Gasteiger partial charge in [0.1, 0.15) is 0 Å². The largest absolute Gasteiger partial charge is 0.309 e. The zero-order chi connectivity index (χ0) is 43.0. The molecule has 0 N–H and O–H groups in total. The third kappa shape index (κ3) is 6.93. The van der Waals surface area contributed by atoms with Crippen LogP contribution in [-0.4, -0.2) is 0 Å². The molecule has 0 aromatic heterocycles. The van der Waals surface area contributed by atoms with E-state index in [9.17, 15) is 0 Å². The molecule has 0 heterocycles. The van der Waals surface area contributed by atoms with Gasteiger partial charge in [0.2, 0.25) is 0 Å². The summed E-state index contributed by atoms with van der Waals surface area (Å²) >= 11 is 0. The molecule has 1 heteroatoms. The Balaban J connectivity index is 1.11. The summed E-state index contributed by atoms with van der Waals surface area (Å²) in [6.07, 6.45) is 0. The molecule has 64 heavy (non-hydrogen) atoms. The average Bonchev–Trinajstić information content (AvgIpc) is 3.61. The molecular formula is C63H47N. The molecule has 1 aliphatic carbocycles. The van der Waals surface area contributed by atoms with Gasteiger partial charge in [0, 0.05) is 22.2 Å². The highest BCUT2D eigenvalue weighted by molar-refractivity contribution is 6.01. The number of anilines is 3. The number of benzene rings is 10. The summed E-state index contributed by atoms with van der Waals surface area (Å²) in [5.74, 6) is 0. The van der Waals surface area contributed by atoms with Gasteiger partial charge >= 0.3 is 0 Å². The maximum absolute atomic E-state index is 2.51. The van der Waals surface area contributed by atoms with Crippen LogP contribution in [0.4, 0.5) is 17.1 Å². The van der Waals surface area contributed by atoms with Gasteiger partial charge < -0.3 is 4.90 Å². The first-order valence-corrected chi connectivity index (χ1v) is 22.3. The number of rotatable bonds is 9. The molecule has 0 fully saturated rings. The fraction of sp³-hybridized carbons (Fsp3) is 0.0476. The van der Waals surface area contributed by atoms with Crippen molar-refractivity contribution < 1.29 is 0 Å². The molecule has 0 spiro atoms. The Kier molecular flexibility index (Phi) is 9.94. The maximum Gasteiger partial charge on any atom is 0.0543 e. The molecule has 0 radical (unpaired) electrons. The smallest absolute Gasteiger partial charge is 0.0543 e. The minimum Gasteiger partial charge on any atom is -0.309 e. The standard InChI is InChI=1S/C63H47N/c1-63(2)58-33-18-16-32-57(58)62-59(63)34-20-36-61(62)64(51-39-37-46(38-40-51)50-42-48(44-21-6-3-7-22-44)41-49(43-50)45-23-8-4-9-24-45)60-35-19-17-31-56(60)55-30-15-14-29-54(55)53-28-13-12-27-52(53)47-25-10-5-11-26-47/h3-43H,1-2H3. The van der Waals surface area contributed by atoms with Crippen LogP contribution in [0.5, 0.6) is 0 Å². The van der Waals surface area contributed by atoms with Crippen molar-refractivity contribution in [2.24, 2.45) is 0 Å². The van der Waals surface area contributed by atoms with Gasteiger partial charge in [0.05, 0.1) is 11.4 Å². The van der Waals surface area contributed by atoms with Crippen molar-refractivity contribution >= 4 is 17.1 Å². The molecule has 0 atom stereocenters. The van der Waals surface area contributed by atoms with E-state index in [1.54, 1.807) is 0 Å². The van der Waals surface area contributed by atoms with Gasteiger partial charge in [-0.05, 0) is 120 Å². The number of hydrogen-bond acceptors (Lipinski definition) is 1.